The molecule has 0 saturated carbocycles. The molecule has 1 saturated heterocycles. The smallest absolute Gasteiger partial charge is 0.244 e. The molecule has 190 valence electrons. The van der Waals surface area contributed by atoms with Gasteiger partial charge in [-0.2, -0.15) is 0 Å². The van der Waals surface area contributed by atoms with Gasteiger partial charge in [0.1, 0.15) is 12.4 Å². The lowest BCUT2D eigenvalue weighted by Gasteiger charge is -2.42. The van der Waals surface area contributed by atoms with Crippen molar-refractivity contribution in [1.29, 1.82) is 0 Å². The minimum atomic E-state index is -0.647. The Morgan fingerprint density at radius 1 is 1.19 bits per heavy atom. The van der Waals surface area contributed by atoms with Crippen LogP contribution < -0.4 is 10.6 Å². The number of nitrogens with zero attached hydrogens (tertiary/aromatic N) is 2. The van der Waals surface area contributed by atoms with Crippen molar-refractivity contribution in [3.05, 3.63) is 73.1 Å². The number of benzene rings is 1. The number of hydrogen-bond donors (Lipinski definition) is 2. The van der Waals surface area contributed by atoms with Crippen molar-refractivity contribution in [1.82, 2.24) is 9.88 Å². The molecule has 2 N–H and O–H groups in total. The number of aromatic nitrogens is 1. The number of pyridine rings is 1. The van der Waals surface area contributed by atoms with Crippen molar-refractivity contribution in [2.24, 2.45) is 5.41 Å². The Kier molecular flexibility index (Phi) is 5.91. The molecule has 1 spiro atoms. The molecular weight excluding hydrogens is 599 g/mol. The standard InChI is InChI=1S/C28H27IN4O3S/c1-27(2)10-9-20(21-7-8-22(29)37-21)33(26(27)36)15-23(34)31-18-6-5-16-13-28(14-17(16)12-18)19-4-3-11-30-24(19)32-25(28)35/h3-8,11-12,20H,9-10,13-15H2,1-2H3,(H,31,34)(H,30,32,35). The summed E-state index contributed by atoms with van der Waals surface area (Å²) >= 11 is 3.96. The largest absolute Gasteiger partial charge is 0.325 e. The summed E-state index contributed by atoms with van der Waals surface area (Å²) in [6.45, 7) is 3.92. The van der Waals surface area contributed by atoms with Gasteiger partial charge in [0.25, 0.3) is 0 Å². The molecule has 0 radical (unpaired) electrons. The molecule has 4 heterocycles. The van der Waals surface area contributed by atoms with Crippen LogP contribution in [0.1, 0.15) is 54.3 Å². The second-order valence-corrected chi connectivity index (χ2v) is 13.8. The second-order valence-electron chi connectivity index (χ2n) is 10.8. The van der Waals surface area contributed by atoms with Gasteiger partial charge in [0.05, 0.1) is 14.3 Å². The van der Waals surface area contributed by atoms with Crippen molar-refractivity contribution in [2.45, 2.75) is 51.0 Å². The number of nitrogens with one attached hydrogen (secondary N) is 2. The van der Waals surface area contributed by atoms with Gasteiger partial charge in [0.2, 0.25) is 17.7 Å². The minimum absolute atomic E-state index is 0.00385. The first-order valence-electron chi connectivity index (χ1n) is 12.4. The highest BCUT2D eigenvalue weighted by Gasteiger charge is 2.51. The third-order valence-corrected chi connectivity index (χ3v) is 9.95. The van der Waals surface area contributed by atoms with E-state index in [0.717, 1.165) is 34.4 Å². The number of amides is 3. The molecule has 7 nitrogen and oxygen atoms in total. The fourth-order valence-electron chi connectivity index (χ4n) is 5.98. The van der Waals surface area contributed by atoms with Crippen LogP contribution in [0.15, 0.2) is 48.7 Å². The number of piperidine rings is 1. The minimum Gasteiger partial charge on any atom is -0.325 e. The summed E-state index contributed by atoms with van der Waals surface area (Å²) in [5, 5.41) is 5.94. The normalized spacial score (nSPS) is 23.6. The summed E-state index contributed by atoms with van der Waals surface area (Å²) in [4.78, 5) is 46.7. The van der Waals surface area contributed by atoms with Crippen LogP contribution in [0.25, 0.3) is 0 Å². The lowest BCUT2D eigenvalue weighted by Crippen LogP contribution is -2.50. The van der Waals surface area contributed by atoms with Crippen LogP contribution >= 0.6 is 33.9 Å². The van der Waals surface area contributed by atoms with Crippen molar-refractivity contribution in [3.8, 4) is 0 Å². The van der Waals surface area contributed by atoms with Gasteiger partial charge in [-0.05, 0) is 89.7 Å². The third kappa shape index (κ3) is 4.16. The third-order valence-electron chi connectivity index (χ3n) is 7.96. The fourth-order valence-corrected chi connectivity index (χ4v) is 7.80. The van der Waals surface area contributed by atoms with Crippen LogP contribution in [0.3, 0.4) is 0 Å². The zero-order chi connectivity index (χ0) is 25.9. The number of carbonyl (C=O) groups is 3. The summed E-state index contributed by atoms with van der Waals surface area (Å²) in [5.74, 6) is 0.405. The number of fused-ring (bicyclic) bond motifs is 3. The van der Waals surface area contributed by atoms with Crippen LogP contribution in [-0.2, 0) is 32.6 Å². The van der Waals surface area contributed by atoms with Crippen molar-refractivity contribution < 1.29 is 14.4 Å². The van der Waals surface area contributed by atoms with Gasteiger partial charge in [-0.1, -0.05) is 26.0 Å². The highest BCUT2D eigenvalue weighted by atomic mass is 127. The number of hydrogen-bond acceptors (Lipinski definition) is 5. The molecule has 1 fully saturated rings. The maximum atomic E-state index is 13.4. The maximum Gasteiger partial charge on any atom is 0.244 e. The van der Waals surface area contributed by atoms with Gasteiger partial charge >= 0.3 is 0 Å². The second kappa shape index (κ2) is 8.90. The first-order valence-corrected chi connectivity index (χ1v) is 14.3. The van der Waals surface area contributed by atoms with E-state index >= 15 is 0 Å². The Labute approximate surface area is 233 Å². The van der Waals surface area contributed by atoms with Gasteiger partial charge in [0, 0.05) is 27.7 Å². The van der Waals surface area contributed by atoms with E-state index in [-0.39, 0.29) is 30.3 Å². The fraction of sp³-hybridized carbons (Fsp3) is 0.357. The van der Waals surface area contributed by atoms with E-state index in [0.29, 0.717) is 24.3 Å². The Hall–Kier alpha value is -2.79. The molecule has 2 aliphatic heterocycles. The summed E-state index contributed by atoms with van der Waals surface area (Å²) < 4.78 is 1.17. The molecule has 9 heteroatoms. The van der Waals surface area contributed by atoms with E-state index < -0.39 is 10.8 Å². The number of likely N-dealkylation sites (tertiary alicyclic amines) is 1. The Morgan fingerprint density at radius 2 is 2.00 bits per heavy atom. The van der Waals surface area contributed by atoms with Crippen LogP contribution in [0.4, 0.5) is 11.5 Å². The summed E-state index contributed by atoms with van der Waals surface area (Å²) in [7, 11) is 0. The van der Waals surface area contributed by atoms with Crippen molar-refractivity contribution >= 4 is 63.2 Å². The highest BCUT2D eigenvalue weighted by molar-refractivity contribution is 14.1. The van der Waals surface area contributed by atoms with Crippen molar-refractivity contribution in [2.75, 3.05) is 17.2 Å². The first-order chi connectivity index (χ1) is 17.7. The lowest BCUT2D eigenvalue weighted by molar-refractivity contribution is -0.150. The maximum absolute atomic E-state index is 13.4. The number of carbonyl (C=O) groups excluding carboxylic acids is 3. The topological polar surface area (TPSA) is 91.4 Å². The van der Waals surface area contributed by atoms with Crippen LogP contribution in [0.5, 0.6) is 0 Å². The van der Waals surface area contributed by atoms with E-state index in [1.54, 1.807) is 22.4 Å². The van der Waals surface area contributed by atoms with Crippen molar-refractivity contribution in [3.63, 3.8) is 0 Å². The molecule has 2 aromatic heterocycles. The van der Waals surface area contributed by atoms with Crippen LogP contribution in [0.2, 0.25) is 0 Å². The Bertz CT molecular complexity index is 1450. The molecule has 6 rings (SSSR count). The predicted molar refractivity (Wildman–Crippen MR) is 152 cm³/mol. The predicted octanol–water partition coefficient (Wildman–Crippen LogP) is 5.06. The zero-order valence-electron chi connectivity index (χ0n) is 20.6. The molecule has 1 aromatic carbocycles. The van der Waals surface area contributed by atoms with Gasteiger partial charge in [-0.25, -0.2) is 4.98 Å². The molecule has 3 aliphatic rings. The molecule has 2 atom stereocenters. The molecular formula is C28H27IN4O3S. The SMILES string of the molecule is CC1(C)CCC(c2ccc(I)s2)N(CC(=O)Nc2ccc3c(c2)CC2(C3)C(=O)Nc3ncccc32)C1=O. The highest BCUT2D eigenvalue weighted by Crippen LogP contribution is 2.47. The van der Waals surface area contributed by atoms with Gasteiger partial charge in [0.15, 0.2) is 0 Å². The summed E-state index contributed by atoms with van der Waals surface area (Å²) in [5.41, 5.74) is 2.62. The van der Waals surface area contributed by atoms with E-state index in [4.69, 9.17) is 0 Å². The van der Waals surface area contributed by atoms with Gasteiger partial charge in [-0.15, -0.1) is 11.3 Å². The quantitative estimate of drug-likeness (QED) is 0.396. The first kappa shape index (κ1) is 24.5. The zero-order valence-corrected chi connectivity index (χ0v) is 23.6. The molecule has 1 aliphatic carbocycles. The number of halogens is 1. The Morgan fingerprint density at radius 3 is 2.78 bits per heavy atom. The number of rotatable bonds is 4. The van der Waals surface area contributed by atoms with E-state index in [9.17, 15) is 14.4 Å². The number of anilines is 2. The van der Waals surface area contributed by atoms with E-state index in [2.05, 4.69) is 50.3 Å². The van der Waals surface area contributed by atoms with E-state index in [1.165, 1.54) is 2.88 Å². The molecule has 2 unspecified atom stereocenters. The Balaban J connectivity index is 1.20. The summed E-state index contributed by atoms with van der Waals surface area (Å²) in [6.07, 6.45) is 4.49. The summed E-state index contributed by atoms with van der Waals surface area (Å²) in [6, 6.07) is 13.7. The monoisotopic (exact) mass is 626 g/mol. The average molecular weight is 627 g/mol. The van der Waals surface area contributed by atoms with Crippen LogP contribution in [0, 0.1) is 8.30 Å². The molecule has 3 amide bonds. The van der Waals surface area contributed by atoms with Gasteiger partial charge < -0.3 is 15.5 Å². The molecule has 37 heavy (non-hydrogen) atoms. The van der Waals surface area contributed by atoms with E-state index in [1.807, 2.05) is 44.2 Å². The van der Waals surface area contributed by atoms with Gasteiger partial charge in [-0.3, -0.25) is 14.4 Å². The van der Waals surface area contributed by atoms with Crippen LogP contribution in [-0.4, -0.2) is 34.2 Å². The lowest BCUT2D eigenvalue weighted by atomic mass is 9.79. The average Bonchev–Trinajstić information content (AvgIpc) is 3.53. The number of thiophene rings is 1. The molecule has 0 bridgehead atoms. The molecule has 3 aromatic rings.